The van der Waals surface area contributed by atoms with Crippen molar-refractivity contribution in [2.75, 3.05) is 13.2 Å². The summed E-state index contributed by atoms with van der Waals surface area (Å²) in [4.78, 5) is 30.9. The number of aliphatic carboxylic acids is 1. The fraction of sp³-hybridized carbons (Fsp3) is 0.161. The van der Waals surface area contributed by atoms with Crippen LogP contribution in [0.25, 0.3) is 0 Å². The smallest absolute Gasteiger partial charge is 0.549 e. The second-order valence-electron chi connectivity index (χ2n) is 9.29. The van der Waals surface area contributed by atoms with Gasteiger partial charge in [-0.3, -0.25) is 4.79 Å². The molecule has 1 aliphatic heterocycles. The molecule has 4 aromatic rings. The molecule has 1 amide bonds. The molecule has 1 atom stereocenters. The van der Waals surface area contributed by atoms with E-state index >= 15 is 0 Å². The van der Waals surface area contributed by atoms with E-state index in [0.29, 0.717) is 51.3 Å². The van der Waals surface area contributed by atoms with Crippen LogP contribution >= 0.6 is 34.8 Å². The van der Waals surface area contributed by atoms with Gasteiger partial charge in [-0.25, -0.2) is 0 Å². The number of benzene rings is 4. The Hall–Kier alpha value is -2.91. The van der Waals surface area contributed by atoms with Crippen LogP contribution in [-0.2, 0) is 11.2 Å². The van der Waals surface area contributed by atoms with Crippen LogP contribution in [0, 0.1) is 0 Å². The van der Waals surface area contributed by atoms with E-state index in [-0.39, 0.29) is 59.4 Å². The van der Waals surface area contributed by atoms with Crippen molar-refractivity contribution in [1.82, 2.24) is 5.06 Å². The van der Waals surface area contributed by atoms with E-state index in [0.717, 1.165) is 5.56 Å². The van der Waals surface area contributed by atoms with Crippen molar-refractivity contribution in [2.45, 2.75) is 18.8 Å². The zero-order valence-corrected chi connectivity index (χ0v) is 26.8. The Kier molecular flexibility index (Phi) is 11.1. The van der Waals surface area contributed by atoms with Crippen LogP contribution in [0.4, 0.5) is 0 Å². The van der Waals surface area contributed by atoms with E-state index in [1.165, 1.54) is 11.1 Å². The quantitative estimate of drug-likeness (QED) is 0.206. The number of carbonyl (C=O) groups is 2. The molecule has 42 heavy (non-hydrogen) atoms. The predicted octanol–water partition coefficient (Wildman–Crippen LogP) is 3.74. The first-order valence-electron chi connectivity index (χ1n) is 12.7. The molecule has 4 aromatic carbocycles. The van der Waals surface area contributed by atoms with Gasteiger partial charge in [-0.1, -0.05) is 53.0 Å². The molecule has 0 N–H and O–H groups in total. The van der Waals surface area contributed by atoms with Crippen LogP contribution in [0.5, 0.6) is 23.0 Å². The number of halogens is 3. The maximum atomic E-state index is 13.5. The molecular formula is C31H23Cl3NNaO6. The average Bonchev–Trinajstić information content (AvgIpc) is 2.96. The Morgan fingerprint density at radius 3 is 2.33 bits per heavy atom. The molecular weight excluding hydrogens is 612 g/mol. The molecule has 0 saturated carbocycles. The van der Waals surface area contributed by atoms with Crippen LogP contribution in [0.2, 0.25) is 15.1 Å². The summed E-state index contributed by atoms with van der Waals surface area (Å²) >= 11 is 18.5. The van der Waals surface area contributed by atoms with Crippen molar-refractivity contribution in [3.8, 4) is 23.0 Å². The van der Waals surface area contributed by atoms with Crippen LogP contribution in [-0.4, -0.2) is 30.1 Å². The van der Waals surface area contributed by atoms with Gasteiger partial charge in [0, 0.05) is 45.2 Å². The van der Waals surface area contributed by atoms with Gasteiger partial charge in [0.05, 0.1) is 18.2 Å². The van der Waals surface area contributed by atoms with E-state index in [4.69, 9.17) is 49.1 Å². The third kappa shape index (κ3) is 7.92. The van der Waals surface area contributed by atoms with Gasteiger partial charge in [-0.2, -0.15) is 5.06 Å². The van der Waals surface area contributed by atoms with Gasteiger partial charge in [0.1, 0.15) is 17.2 Å². The van der Waals surface area contributed by atoms with E-state index in [2.05, 4.69) is 0 Å². The number of rotatable bonds is 9. The molecule has 1 unspecified atom stereocenters. The number of hydroxylamine groups is 2. The minimum Gasteiger partial charge on any atom is -0.549 e. The Morgan fingerprint density at radius 1 is 0.905 bits per heavy atom. The molecule has 0 bridgehead atoms. The van der Waals surface area contributed by atoms with Crippen LogP contribution in [0.1, 0.15) is 33.8 Å². The molecule has 0 fully saturated rings. The first kappa shape index (κ1) is 32.0. The van der Waals surface area contributed by atoms with Gasteiger partial charge in [0.15, 0.2) is 5.75 Å². The van der Waals surface area contributed by atoms with Crippen molar-refractivity contribution in [1.29, 1.82) is 0 Å². The predicted molar refractivity (Wildman–Crippen MR) is 154 cm³/mol. The Bertz CT molecular complexity index is 1570. The molecule has 5 rings (SSSR count). The second kappa shape index (κ2) is 14.5. The summed E-state index contributed by atoms with van der Waals surface area (Å²) in [5.41, 5.74) is 1.81. The summed E-state index contributed by atoms with van der Waals surface area (Å²) in [5, 5.41) is 14.1. The largest absolute Gasteiger partial charge is 1.00 e. The molecule has 0 saturated heterocycles. The SMILES string of the molecule is O=C([O-])C1CCOc2cc(Oc3ccc(C(=O)N(CCc4ccc(Cl)cc4)Oc4cccc(Cl)c4)cc3)c(Cl)cc21.[Na+]. The molecule has 7 nitrogen and oxygen atoms in total. The molecule has 11 heteroatoms. The second-order valence-corrected chi connectivity index (χ2v) is 10.6. The number of carboxylic acid groups (broad SMARTS) is 1. The number of ether oxygens (including phenoxy) is 2. The minimum absolute atomic E-state index is 0. The van der Waals surface area contributed by atoms with Gasteiger partial charge in [0.25, 0.3) is 5.91 Å². The Morgan fingerprint density at radius 2 is 1.64 bits per heavy atom. The number of nitrogens with zero attached hydrogens (tertiary/aromatic N) is 1. The van der Waals surface area contributed by atoms with Crippen molar-refractivity contribution in [3.63, 3.8) is 0 Å². The van der Waals surface area contributed by atoms with Gasteiger partial charge in [-0.05, 0) is 73.0 Å². The topological polar surface area (TPSA) is 88.1 Å². The first-order valence-corrected chi connectivity index (χ1v) is 13.8. The summed E-state index contributed by atoms with van der Waals surface area (Å²) in [6.45, 7) is 0.512. The summed E-state index contributed by atoms with van der Waals surface area (Å²) in [6, 6.07) is 23.7. The van der Waals surface area contributed by atoms with Crippen molar-refractivity contribution in [2.24, 2.45) is 0 Å². The number of carbonyl (C=O) groups excluding carboxylic acids is 2. The monoisotopic (exact) mass is 633 g/mol. The molecule has 0 spiro atoms. The summed E-state index contributed by atoms with van der Waals surface area (Å²) < 4.78 is 11.6. The molecule has 0 radical (unpaired) electrons. The standard InChI is InChI=1S/C31H24Cl3NO6.Na/c32-21-8-4-19(5-9-21)12-14-35(41-24-3-1-2-22(33)16-24)30(36)20-6-10-23(11-7-20)40-29-18-28-26(17-27(29)34)25(31(37)38)13-15-39-28;/h1-11,16-18,25H,12-15H2,(H,37,38);/q;+1/p-1. The maximum Gasteiger partial charge on any atom is 1.00 e. The first-order chi connectivity index (χ1) is 19.8. The summed E-state index contributed by atoms with van der Waals surface area (Å²) in [6.07, 6.45) is 0.835. The number of hydrogen-bond donors (Lipinski definition) is 0. The number of carboxylic acids is 1. The van der Waals surface area contributed by atoms with Gasteiger partial charge >= 0.3 is 29.6 Å². The van der Waals surface area contributed by atoms with Crippen LogP contribution in [0.3, 0.4) is 0 Å². The van der Waals surface area contributed by atoms with Crippen molar-refractivity contribution >= 4 is 46.7 Å². The van der Waals surface area contributed by atoms with Crippen molar-refractivity contribution in [3.05, 3.63) is 117 Å². The van der Waals surface area contributed by atoms with Crippen LogP contribution < -0.4 is 49.0 Å². The van der Waals surface area contributed by atoms with Crippen LogP contribution in [0.15, 0.2) is 84.9 Å². The molecule has 0 aliphatic carbocycles. The minimum atomic E-state index is -1.18. The third-order valence-electron chi connectivity index (χ3n) is 6.47. The fourth-order valence-electron chi connectivity index (χ4n) is 4.37. The molecule has 210 valence electrons. The van der Waals surface area contributed by atoms with Gasteiger partial charge in [0.2, 0.25) is 0 Å². The number of fused-ring (bicyclic) bond motifs is 1. The van der Waals surface area contributed by atoms with Gasteiger partial charge < -0.3 is 24.2 Å². The number of amides is 1. The summed E-state index contributed by atoms with van der Waals surface area (Å²) in [7, 11) is 0. The fourth-order valence-corrected chi connectivity index (χ4v) is 4.89. The average molecular weight is 635 g/mol. The maximum absolute atomic E-state index is 13.5. The molecule has 0 aromatic heterocycles. The molecule has 1 aliphatic rings. The van der Waals surface area contributed by atoms with E-state index in [9.17, 15) is 14.7 Å². The third-order valence-corrected chi connectivity index (χ3v) is 7.25. The Labute approximate surface area is 280 Å². The zero-order chi connectivity index (χ0) is 28.9. The molecule has 1 heterocycles. The van der Waals surface area contributed by atoms with E-state index in [1.807, 2.05) is 12.1 Å². The van der Waals surface area contributed by atoms with Gasteiger partial charge in [-0.15, -0.1) is 0 Å². The Balaban J connectivity index is 0.00000405. The normalized spacial score (nSPS) is 13.6. The number of hydrogen-bond acceptors (Lipinski definition) is 6. The van der Waals surface area contributed by atoms with E-state index in [1.54, 1.807) is 66.7 Å². The van der Waals surface area contributed by atoms with Crippen molar-refractivity contribution < 1.29 is 58.6 Å². The van der Waals surface area contributed by atoms with E-state index < -0.39 is 11.9 Å². The zero-order valence-electron chi connectivity index (χ0n) is 22.5. The summed E-state index contributed by atoms with van der Waals surface area (Å²) in [5.74, 6) is -0.831.